The molecule has 0 fully saturated rings. The van der Waals surface area contributed by atoms with Crippen molar-refractivity contribution in [3.05, 3.63) is 35.9 Å². The fraction of sp³-hybridized carbons (Fsp3) is 0.333. The minimum atomic E-state index is -4.27. The molecule has 0 spiro atoms. The molecule has 15 heavy (non-hydrogen) atoms. The van der Waals surface area contributed by atoms with E-state index in [2.05, 4.69) is 0 Å². The molecular formula is C9H13NO4S. The first-order chi connectivity index (χ1) is 7.01. The lowest BCUT2D eigenvalue weighted by Crippen LogP contribution is -2.38. The van der Waals surface area contributed by atoms with E-state index in [1.54, 1.807) is 0 Å². The zero-order valence-electron chi connectivity index (χ0n) is 8.00. The van der Waals surface area contributed by atoms with Gasteiger partial charge in [-0.1, -0.05) is 30.3 Å². The maximum absolute atomic E-state index is 10.5. The molecular weight excluding hydrogens is 218 g/mol. The Morgan fingerprint density at radius 3 is 2.33 bits per heavy atom. The van der Waals surface area contributed by atoms with Gasteiger partial charge in [-0.15, -0.1) is 0 Å². The monoisotopic (exact) mass is 231 g/mol. The zero-order chi connectivity index (χ0) is 11.3. The molecule has 0 aliphatic carbocycles. The fourth-order valence-electron chi connectivity index (χ4n) is 1.25. The second-order valence-corrected chi connectivity index (χ2v) is 4.35. The summed E-state index contributed by atoms with van der Waals surface area (Å²) in [7, 11) is -4.27. The summed E-state index contributed by atoms with van der Waals surface area (Å²) in [6.07, 6.45) is 0.330. The van der Waals surface area contributed by atoms with Crippen LogP contribution in [0, 0.1) is 0 Å². The molecule has 1 atom stereocenters. The van der Waals surface area contributed by atoms with Crippen LogP contribution in [-0.4, -0.2) is 30.7 Å². The second kappa shape index (κ2) is 5.22. The van der Waals surface area contributed by atoms with E-state index in [0.717, 1.165) is 5.56 Å². The molecule has 0 unspecified atom stereocenters. The largest absolute Gasteiger partial charge is 0.395 e. The molecule has 6 heteroatoms. The van der Waals surface area contributed by atoms with Gasteiger partial charge in [0.2, 0.25) is 0 Å². The van der Waals surface area contributed by atoms with Gasteiger partial charge >= 0.3 is 10.3 Å². The quantitative estimate of drug-likeness (QED) is 0.622. The first-order valence-corrected chi connectivity index (χ1v) is 5.85. The van der Waals surface area contributed by atoms with Crippen molar-refractivity contribution < 1.29 is 18.1 Å². The number of hydrogen-bond acceptors (Lipinski definition) is 3. The molecule has 0 amide bonds. The highest BCUT2D eigenvalue weighted by Crippen LogP contribution is 2.03. The topological polar surface area (TPSA) is 86.6 Å². The molecule has 5 nitrogen and oxygen atoms in total. The van der Waals surface area contributed by atoms with Crippen LogP contribution in [0.15, 0.2) is 30.3 Å². The molecule has 1 rings (SSSR count). The van der Waals surface area contributed by atoms with Gasteiger partial charge < -0.3 is 5.11 Å². The highest BCUT2D eigenvalue weighted by Gasteiger charge is 2.14. The van der Waals surface area contributed by atoms with E-state index < -0.39 is 16.3 Å². The van der Waals surface area contributed by atoms with Crippen molar-refractivity contribution in [2.45, 2.75) is 12.5 Å². The maximum atomic E-state index is 10.5. The van der Waals surface area contributed by atoms with Gasteiger partial charge in [0.15, 0.2) is 0 Å². The Hall–Kier alpha value is -0.950. The number of rotatable bonds is 5. The Morgan fingerprint density at radius 1 is 1.27 bits per heavy atom. The number of hydrogen-bond donors (Lipinski definition) is 3. The van der Waals surface area contributed by atoms with E-state index in [1.165, 1.54) is 0 Å². The number of benzene rings is 1. The summed E-state index contributed by atoms with van der Waals surface area (Å²) in [5.74, 6) is 0. The van der Waals surface area contributed by atoms with Crippen molar-refractivity contribution >= 4 is 10.3 Å². The predicted molar refractivity (Wildman–Crippen MR) is 55.7 cm³/mol. The van der Waals surface area contributed by atoms with Crippen LogP contribution in [0.2, 0.25) is 0 Å². The molecule has 0 saturated carbocycles. The molecule has 0 saturated heterocycles. The van der Waals surface area contributed by atoms with Crippen molar-refractivity contribution in [1.82, 2.24) is 4.72 Å². The van der Waals surface area contributed by atoms with Crippen molar-refractivity contribution in [2.75, 3.05) is 6.61 Å². The molecule has 84 valence electrons. The third-order valence-electron chi connectivity index (χ3n) is 1.86. The van der Waals surface area contributed by atoms with E-state index in [-0.39, 0.29) is 6.61 Å². The van der Waals surface area contributed by atoms with Crippen molar-refractivity contribution in [2.24, 2.45) is 0 Å². The van der Waals surface area contributed by atoms with E-state index in [1.807, 2.05) is 35.1 Å². The van der Waals surface area contributed by atoms with Crippen molar-refractivity contribution in [3.63, 3.8) is 0 Å². The Labute approximate surface area is 88.6 Å². The third kappa shape index (κ3) is 4.89. The van der Waals surface area contributed by atoms with Crippen molar-refractivity contribution in [1.29, 1.82) is 0 Å². The number of aliphatic hydroxyl groups excluding tert-OH is 1. The van der Waals surface area contributed by atoms with Crippen LogP contribution >= 0.6 is 0 Å². The van der Waals surface area contributed by atoms with Gasteiger partial charge in [0.1, 0.15) is 0 Å². The average molecular weight is 231 g/mol. The normalized spacial score (nSPS) is 13.7. The third-order valence-corrected chi connectivity index (χ3v) is 2.49. The predicted octanol–water partition coefficient (Wildman–Crippen LogP) is -0.0176. The molecule has 0 aromatic heterocycles. The van der Waals surface area contributed by atoms with Crippen molar-refractivity contribution in [3.8, 4) is 0 Å². The maximum Gasteiger partial charge on any atom is 0.333 e. The first kappa shape index (κ1) is 12.1. The van der Waals surface area contributed by atoms with E-state index >= 15 is 0 Å². The van der Waals surface area contributed by atoms with Crippen LogP contribution in [-0.2, 0) is 16.7 Å². The lowest BCUT2D eigenvalue weighted by molar-refractivity contribution is 0.253. The molecule has 0 bridgehead atoms. The summed E-state index contributed by atoms with van der Waals surface area (Å²) >= 11 is 0. The Kier molecular flexibility index (Phi) is 4.22. The summed E-state index contributed by atoms with van der Waals surface area (Å²) in [6.45, 7) is -0.366. The lowest BCUT2D eigenvalue weighted by atomic mass is 10.1. The van der Waals surface area contributed by atoms with Crippen LogP contribution in [0.25, 0.3) is 0 Å². The zero-order valence-corrected chi connectivity index (χ0v) is 8.81. The Balaban J connectivity index is 2.63. The van der Waals surface area contributed by atoms with Crippen LogP contribution < -0.4 is 4.72 Å². The van der Waals surface area contributed by atoms with Gasteiger partial charge in [-0.2, -0.15) is 13.1 Å². The molecule has 0 aliphatic heterocycles. The highest BCUT2D eigenvalue weighted by atomic mass is 32.2. The van der Waals surface area contributed by atoms with Gasteiger partial charge in [-0.05, 0) is 12.0 Å². The van der Waals surface area contributed by atoms with Gasteiger partial charge in [-0.25, -0.2) is 0 Å². The van der Waals surface area contributed by atoms with E-state index in [4.69, 9.17) is 9.66 Å². The summed E-state index contributed by atoms with van der Waals surface area (Å²) in [5, 5.41) is 8.91. The number of aliphatic hydroxyl groups is 1. The van der Waals surface area contributed by atoms with E-state index in [9.17, 15) is 8.42 Å². The minimum Gasteiger partial charge on any atom is -0.395 e. The summed E-state index contributed by atoms with van der Waals surface area (Å²) < 4.78 is 31.5. The first-order valence-electron chi connectivity index (χ1n) is 4.41. The summed E-state index contributed by atoms with van der Waals surface area (Å²) in [6, 6.07) is 8.40. The van der Waals surface area contributed by atoms with Crippen LogP contribution in [0.3, 0.4) is 0 Å². The number of nitrogens with one attached hydrogen (secondary N) is 1. The molecule has 1 aromatic rings. The standard InChI is InChI=1S/C9H13NO4S/c11-7-9(10-15(12,13)14)6-8-4-2-1-3-5-8/h1-5,9-11H,6-7H2,(H,12,13,14)/t9-/m1/s1. The smallest absolute Gasteiger partial charge is 0.333 e. The SMILES string of the molecule is O=S(=O)(O)N[C@@H](CO)Cc1ccccc1. The fourth-order valence-corrected chi connectivity index (χ4v) is 1.83. The molecule has 0 aliphatic rings. The Bertz CT molecular complexity index is 390. The lowest BCUT2D eigenvalue weighted by Gasteiger charge is -2.13. The molecule has 1 aromatic carbocycles. The van der Waals surface area contributed by atoms with Crippen LogP contribution in [0.1, 0.15) is 5.56 Å². The second-order valence-electron chi connectivity index (χ2n) is 3.16. The summed E-state index contributed by atoms with van der Waals surface area (Å²) in [5.41, 5.74) is 0.882. The Morgan fingerprint density at radius 2 is 1.87 bits per heavy atom. The molecule has 0 heterocycles. The highest BCUT2D eigenvalue weighted by molar-refractivity contribution is 7.83. The van der Waals surface area contributed by atoms with Gasteiger partial charge in [0.25, 0.3) is 0 Å². The summed E-state index contributed by atoms with van der Waals surface area (Å²) in [4.78, 5) is 0. The van der Waals surface area contributed by atoms with E-state index in [0.29, 0.717) is 6.42 Å². The van der Waals surface area contributed by atoms with Crippen LogP contribution in [0.5, 0.6) is 0 Å². The molecule has 3 N–H and O–H groups in total. The van der Waals surface area contributed by atoms with Crippen LogP contribution in [0.4, 0.5) is 0 Å². The molecule has 0 radical (unpaired) electrons. The van der Waals surface area contributed by atoms with Gasteiger partial charge in [0, 0.05) is 0 Å². The van der Waals surface area contributed by atoms with Gasteiger partial charge in [-0.3, -0.25) is 4.55 Å². The van der Waals surface area contributed by atoms with Gasteiger partial charge in [0.05, 0.1) is 12.6 Å². The minimum absolute atomic E-state index is 0.330. The average Bonchev–Trinajstić information content (AvgIpc) is 2.16.